The normalized spacial score (nSPS) is 10.7. The van der Waals surface area contributed by atoms with Crippen LogP contribution in [-0.4, -0.2) is 21.4 Å². The average molecular weight is 412 g/mol. The third kappa shape index (κ3) is 4.98. The van der Waals surface area contributed by atoms with E-state index in [1.165, 1.54) is 0 Å². The maximum atomic E-state index is 12.6. The Morgan fingerprint density at radius 3 is 2.45 bits per heavy atom. The number of hydrogen-bond acceptors (Lipinski definition) is 3. The molecular formula is C25H24N4O2. The minimum Gasteiger partial charge on any atom is -0.350 e. The molecule has 4 aromatic rings. The summed E-state index contributed by atoms with van der Waals surface area (Å²) < 4.78 is 1.85. The topological polar surface area (TPSA) is 76.0 Å². The lowest BCUT2D eigenvalue weighted by molar-refractivity contribution is -0.121. The number of aryl methyl sites for hydroxylation is 1. The van der Waals surface area contributed by atoms with Gasteiger partial charge in [-0.1, -0.05) is 60.2 Å². The van der Waals surface area contributed by atoms with Crippen molar-refractivity contribution in [3.63, 3.8) is 0 Å². The first kappa shape index (κ1) is 20.3. The number of benzene rings is 3. The van der Waals surface area contributed by atoms with Gasteiger partial charge in [-0.25, -0.2) is 4.98 Å². The first-order valence-electron chi connectivity index (χ1n) is 10.2. The summed E-state index contributed by atoms with van der Waals surface area (Å²) in [6.45, 7) is 2.77. The summed E-state index contributed by atoms with van der Waals surface area (Å²) in [7, 11) is 0. The number of carbonyl (C=O) groups is 2. The summed E-state index contributed by atoms with van der Waals surface area (Å²) in [6.07, 6.45) is 0. The van der Waals surface area contributed by atoms with Gasteiger partial charge in [0.2, 0.25) is 5.91 Å². The molecule has 0 saturated heterocycles. The van der Waals surface area contributed by atoms with E-state index in [-0.39, 0.29) is 24.9 Å². The first-order valence-corrected chi connectivity index (χ1v) is 10.2. The zero-order chi connectivity index (χ0) is 21.6. The van der Waals surface area contributed by atoms with Gasteiger partial charge in [0.05, 0.1) is 17.6 Å². The highest BCUT2D eigenvalue weighted by molar-refractivity contribution is 5.94. The monoisotopic (exact) mass is 412 g/mol. The van der Waals surface area contributed by atoms with Crippen molar-refractivity contribution in [2.75, 3.05) is 0 Å². The Kier molecular flexibility index (Phi) is 6.08. The van der Waals surface area contributed by atoms with Crippen LogP contribution in [0.4, 0.5) is 0 Å². The van der Waals surface area contributed by atoms with E-state index in [2.05, 4.69) is 15.6 Å². The van der Waals surface area contributed by atoms with Gasteiger partial charge in [-0.15, -0.1) is 0 Å². The number of imidazole rings is 1. The van der Waals surface area contributed by atoms with E-state index in [4.69, 9.17) is 0 Å². The van der Waals surface area contributed by atoms with Gasteiger partial charge in [0.25, 0.3) is 5.91 Å². The molecule has 0 spiro atoms. The van der Waals surface area contributed by atoms with Crippen LogP contribution < -0.4 is 10.6 Å². The fraction of sp³-hybridized carbons (Fsp3) is 0.160. The second-order valence-corrected chi connectivity index (χ2v) is 7.42. The van der Waals surface area contributed by atoms with Crippen LogP contribution in [0.5, 0.6) is 0 Å². The number of rotatable bonds is 7. The summed E-state index contributed by atoms with van der Waals surface area (Å²) in [5, 5.41) is 5.87. The Morgan fingerprint density at radius 1 is 0.871 bits per heavy atom. The van der Waals surface area contributed by atoms with E-state index < -0.39 is 0 Å². The number of hydrogen-bond donors (Lipinski definition) is 2. The molecule has 0 radical (unpaired) electrons. The molecule has 156 valence electrons. The molecule has 0 saturated carbocycles. The van der Waals surface area contributed by atoms with E-state index in [0.29, 0.717) is 17.9 Å². The van der Waals surface area contributed by atoms with Crippen molar-refractivity contribution in [3.8, 4) is 0 Å². The highest BCUT2D eigenvalue weighted by atomic mass is 16.2. The Morgan fingerprint density at radius 2 is 1.65 bits per heavy atom. The number of nitrogens with one attached hydrogen (secondary N) is 2. The fourth-order valence-electron chi connectivity index (χ4n) is 3.48. The zero-order valence-electron chi connectivity index (χ0n) is 17.3. The van der Waals surface area contributed by atoms with Crippen LogP contribution in [0.3, 0.4) is 0 Å². The minimum absolute atomic E-state index is 0.113. The molecule has 2 amide bonds. The molecule has 31 heavy (non-hydrogen) atoms. The Bertz CT molecular complexity index is 1210. The summed E-state index contributed by atoms with van der Waals surface area (Å²) in [5.74, 6) is 0.353. The second-order valence-electron chi connectivity index (χ2n) is 7.42. The maximum Gasteiger partial charge on any atom is 0.251 e. The molecule has 4 rings (SSSR count). The standard InChI is InChI=1S/C25H24N4O2/c1-18-8-7-11-20(14-18)25(31)27-16-23-28-21-12-5-6-13-22(21)29(23)17-24(30)26-15-19-9-3-2-4-10-19/h2-14H,15-17H2,1H3,(H,26,30)(H,27,31). The number of amides is 2. The third-order valence-corrected chi connectivity index (χ3v) is 5.06. The molecule has 2 N–H and O–H groups in total. The lowest BCUT2D eigenvalue weighted by atomic mass is 10.1. The molecule has 3 aromatic carbocycles. The SMILES string of the molecule is Cc1cccc(C(=O)NCc2nc3ccccc3n2CC(=O)NCc2ccccc2)c1. The molecule has 0 aliphatic rings. The average Bonchev–Trinajstić information content (AvgIpc) is 3.14. The van der Waals surface area contributed by atoms with Crippen LogP contribution >= 0.6 is 0 Å². The highest BCUT2D eigenvalue weighted by Gasteiger charge is 2.15. The third-order valence-electron chi connectivity index (χ3n) is 5.06. The highest BCUT2D eigenvalue weighted by Crippen LogP contribution is 2.16. The largest absolute Gasteiger partial charge is 0.350 e. The molecule has 0 unspecified atom stereocenters. The van der Waals surface area contributed by atoms with Crippen molar-refractivity contribution in [2.45, 2.75) is 26.6 Å². The first-order chi connectivity index (χ1) is 15.1. The van der Waals surface area contributed by atoms with Gasteiger partial charge in [-0.3, -0.25) is 9.59 Å². The fourth-order valence-corrected chi connectivity index (χ4v) is 3.48. The van der Waals surface area contributed by atoms with Crippen LogP contribution in [-0.2, 0) is 24.4 Å². The predicted molar refractivity (Wildman–Crippen MR) is 120 cm³/mol. The number of aromatic nitrogens is 2. The van der Waals surface area contributed by atoms with Crippen molar-refractivity contribution in [2.24, 2.45) is 0 Å². The van der Waals surface area contributed by atoms with Gasteiger partial charge in [0.1, 0.15) is 12.4 Å². The summed E-state index contributed by atoms with van der Waals surface area (Å²) >= 11 is 0. The molecule has 1 heterocycles. The van der Waals surface area contributed by atoms with Crippen LogP contribution in [0.1, 0.15) is 27.3 Å². The molecule has 0 aliphatic heterocycles. The van der Waals surface area contributed by atoms with Crippen LogP contribution in [0.15, 0.2) is 78.9 Å². The number of nitrogens with zero attached hydrogens (tertiary/aromatic N) is 2. The van der Waals surface area contributed by atoms with Gasteiger partial charge in [-0.05, 0) is 36.8 Å². The lowest BCUT2D eigenvalue weighted by Crippen LogP contribution is -2.29. The van der Waals surface area contributed by atoms with Gasteiger partial charge >= 0.3 is 0 Å². The van der Waals surface area contributed by atoms with Crippen molar-refractivity contribution < 1.29 is 9.59 Å². The molecule has 1 aromatic heterocycles. The van der Waals surface area contributed by atoms with E-state index in [1.807, 2.05) is 84.3 Å². The van der Waals surface area contributed by atoms with Crippen molar-refractivity contribution in [1.82, 2.24) is 20.2 Å². The maximum absolute atomic E-state index is 12.6. The van der Waals surface area contributed by atoms with Gasteiger partial charge in [-0.2, -0.15) is 0 Å². The minimum atomic E-state index is -0.171. The van der Waals surface area contributed by atoms with Gasteiger partial charge < -0.3 is 15.2 Å². The quantitative estimate of drug-likeness (QED) is 0.487. The molecule has 6 nitrogen and oxygen atoms in total. The van der Waals surface area contributed by atoms with Gasteiger partial charge in [0, 0.05) is 12.1 Å². The summed E-state index contributed by atoms with van der Waals surface area (Å²) in [6, 6.07) is 24.9. The Labute approximate surface area is 180 Å². The van der Waals surface area contributed by atoms with Crippen molar-refractivity contribution >= 4 is 22.8 Å². The van der Waals surface area contributed by atoms with E-state index >= 15 is 0 Å². The molecular weight excluding hydrogens is 388 g/mol. The number of para-hydroxylation sites is 2. The Balaban J connectivity index is 1.49. The molecule has 0 bridgehead atoms. The van der Waals surface area contributed by atoms with Crippen molar-refractivity contribution in [3.05, 3.63) is 101 Å². The molecule has 0 aliphatic carbocycles. The van der Waals surface area contributed by atoms with Gasteiger partial charge in [0.15, 0.2) is 0 Å². The number of carbonyl (C=O) groups excluding carboxylic acids is 2. The smallest absolute Gasteiger partial charge is 0.251 e. The van der Waals surface area contributed by atoms with E-state index in [0.717, 1.165) is 22.2 Å². The summed E-state index contributed by atoms with van der Waals surface area (Å²) in [4.78, 5) is 29.8. The summed E-state index contributed by atoms with van der Waals surface area (Å²) in [5.41, 5.74) is 4.31. The van der Waals surface area contributed by atoms with Crippen LogP contribution in [0.2, 0.25) is 0 Å². The zero-order valence-corrected chi connectivity index (χ0v) is 17.3. The van der Waals surface area contributed by atoms with E-state index in [9.17, 15) is 9.59 Å². The van der Waals surface area contributed by atoms with Crippen LogP contribution in [0, 0.1) is 6.92 Å². The Hall–Kier alpha value is -3.93. The predicted octanol–water partition coefficient (Wildman–Crippen LogP) is 3.59. The molecule has 0 atom stereocenters. The van der Waals surface area contributed by atoms with Crippen LogP contribution in [0.25, 0.3) is 11.0 Å². The lowest BCUT2D eigenvalue weighted by Gasteiger charge is -2.11. The second kappa shape index (κ2) is 9.26. The van der Waals surface area contributed by atoms with Crippen molar-refractivity contribution in [1.29, 1.82) is 0 Å². The number of fused-ring (bicyclic) bond motifs is 1. The van der Waals surface area contributed by atoms with E-state index in [1.54, 1.807) is 6.07 Å². The molecule has 0 fully saturated rings. The molecule has 6 heteroatoms.